The van der Waals surface area contributed by atoms with Crippen molar-refractivity contribution >= 4 is 11.4 Å². The van der Waals surface area contributed by atoms with Crippen LogP contribution in [0.15, 0.2) is 52.2 Å². The van der Waals surface area contributed by atoms with Crippen molar-refractivity contribution in [3.63, 3.8) is 0 Å². The van der Waals surface area contributed by atoms with E-state index in [1.807, 2.05) is 30.3 Å². The number of pyridine rings is 1. The Morgan fingerprint density at radius 3 is 2.46 bits per heavy atom. The number of aromatic nitrogens is 1. The van der Waals surface area contributed by atoms with Crippen molar-refractivity contribution in [2.45, 2.75) is 6.54 Å². The van der Waals surface area contributed by atoms with Crippen molar-refractivity contribution in [3.05, 3.63) is 74.3 Å². The second-order valence-electron chi connectivity index (χ2n) is 6.56. The molecular formula is C21H18N4O3. The number of hydrogen-bond donors (Lipinski definition) is 1. The topological polar surface area (TPSA) is 95.3 Å². The molecule has 2 heterocycles. The van der Waals surface area contributed by atoms with Crippen LogP contribution in [-0.4, -0.2) is 31.3 Å². The molecule has 2 aromatic carbocycles. The van der Waals surface area contributed by atoms with Crippen molar-refractivity contribution in [2.75, 3.05) is 36.5 Å². The van der Waals surface area contributed by atoms with Crippen LogP contribution in [-0.2, 0) is 11.3 Å². The lowest BCUT2D eigenvalue weighted by Gasteiger charge is -2.29. The van der Waals surface area contributed by atoms with Crippen LogP contribution in [0, 0.1) is 11.3 Å². The number of anilines is 2. The number of benzene rings is 1. The van der Waals surface area contributed by atoms with Gasteiger partial charge >= 0.3 is 0 Å². The maximum atomic E-state index is 12.1. The highest BCUT2D eigenvalue weighted by molar-refractivity contribution is 5.82. The summed E-state index contributed by atoms with van der Waals surface area (Å²) < 4.78 is 5.37. The normalized spacial score (nSPS) is 14.0. The molecule has 3 aromatic rings. The lowest BCUT2D eigenvalue weighted by Crippen LogP contribution is -2.36. The first-order valence-corrected chi connectivity index (χ1v) is 9.02. The van der Waals surface area contributed by atoms with Crippen molar-refractivity contribution in [1.82, 2.24) is 4.98 Å². The van der Waals surface area contributed by atoms with E-state index in [2.05, 4.69) is 15.2 Å². The number of ether oxygens (including phenoxy) is 1. The molecule has 28 heavy (non-hydrogen) atoms. The number of morpholine rings is 1. The number of nitriles is 1. The van der Waals surface area contributed by atoms with E-state index in [9.17, 15) is 9.59 Å². The fourth-order valence-electron chi connectivity index (χ4n) is 3.27. The van der Waals surface area contributed by atoms with E-state index in [0.717, 1.165) is 24.3 Å². The van der Waals surface area contributed by atoms with Gasteiger partial charge in [0.05, 0.1) is 42.3 Å². The molecule has 7 heteroatoms. The van der Waals surface area contributed by atoms with Crippen LogP contribution in [0.4, 0.5) is 11.4 Å². The Bertz CT molecular complexity index is 1080. The first kappa shape index (κ1) is 17.9. The van der Waals surface area contributed by atoms with E-state index in [1.54, 1.807) is 12.1 Å². The van der Waals surface area contributed by atoms with Gasteiger partial charge in [0, 0.05) is 25.0 Å². The van der Waals surface area contributed by atoms with Crippen molar-refractivity contribution in [3.8, 4) is 17.2 Å². The Morgan fingerprint density at radius 2 is 1.82 bits per heavy atom. The van der Waals surface area contributed by atoms with Crippen molar-refractivity contribution in [1.29, 1.82) is 5.26 Å². The standard InChI is InChI=1S/C21H18N4O3/c22-11-14-1-4-16(23-12-14)13-24-19-18(20(26)21(19)27)15-2-5-17(6-3-15)25-7-9-28-10-8-25/h1-6,12,24H,7-10,13H2. The fourth-order valence-corrected chi connectivity index (χ4v) is 3.27. The number of hydrogen-bond acceptors (Lipinski definition) is 7. The molecule has 0 saturated carbocycles. The predicted molar refractivity (Wildman–Crippen MR) is 106 cm³/mol. The third-order valence-electron chi connectivity index (χ3n) is 4.84. The van der Waals surface area contributed by atoms with Gasteiger partial charge < -0.3 is 15.0 Å². The Labute approximate surface area is 161 Å². The number of nitrogens with one attached hydrogen (secondary N) is 1. The average Bonchev–Trinajstić information content (AvgIpc) is 2.77. The molecule has 0 radical (unpaired) electrons. The van der Waals surface area contributed by atoms with Crippen molar-refractivity contribution in [2.24, 2.45) is 0 Å². The van der Waals surface area contributed by atoms with Gasteiger partial charge in [-0.3, -0.25) is 14.6 Å². The van der Waals surface area contributed by atoms with Crippen LogP contribution in [0.1, 0.15) is 11.3 Å². The van der Waals surface area contributed by atoms with Gasteiger partial charge in [-0.25, -0.2) is 0 Å². The zero-order valence-electron chi connectivity index (χ0n) is 15.1. The lowest BCUT2D eigenvalue weighted by molar-refractivity contribution is 0.122. The second kappa shape index (κ2) is 7.62. The third kappa shape index (κ3) is 3.38. The molecule has 0 amide bonds. The molecule has 140 valence electrons. The van der Waals surface area contributed by atoms with Gasteiger partial charge in [-0.2, -0.15) is 5.26 Å². The molecule has 0 bridgehead atoms. The van der Waals surface area contributed by atoms with Crippen LogP contribution in [0.5, 0.6) is 0 Å². The summed E-state index contributed by atoms with van der Waals surface area (Å²) in [4.78, 5) is 30.5. The van der Waals surface area contributed by atoms with Crippen LogP contribution < -0.4 is 21.1 Å². The highest BCUT2D eigenvalue weighted by Gasteiger charge is 2.22. The molecule has 0 spiro atoms. The molecule has 4 rings (SSSR count). The summed E-state index contributed by atoms with van der Waals surface area (Å²) in [5, 5.41) is 11.8. The third-order valence-corrected chi connectivity index (χ3v) is 4.84. The van der Waals surface area contributed by atoms with E-state index in [0.29, 0.717) is 42.3 Å². The molecule has 0 unspecified atom stereocenters. The van der Waals surface area contributed by atoms with Gasteiger partial charge in [-0.05, 0) is 29.8 Å². The SMILES string of the molecule is N#Cc1ccc(CNc2c(-c3ccc(N4CCOCC4)cc3)c(=O)c2=O)nc1. The average molecular weight is 374 g/mol. The maximum absolute atomic E-state index is 12.1. The summed E-state index contributed by atoms with van der Waals surface area (Å²) in [5.74, 6) is 0. The van der Waals surface area contributed by atoms with Gasteiger partial charge in [0.2, 0.25) is 10.9 Å². The summed E-state index contributed by atoms with van der Waals surface area (Å²) in [6.07, 6.45) is 1.48. The lowest BCUT2D eigenvalue weighted by atomic mass is 9.98. The Hall–Kier alpha value is -3.50. The van der Waals surface area contributed by atoms with Gasteiger partial charge in [0.25, 0.3) is 0 Å². The van der Waals surface area contributed by atoms with Gasteiger partial charge in [-0.1, -0.05) is 12.1 Å². The van der Waals surface area contributed by atoms with Gasteiger partial charge in [-0.15, -0.1) is 0 Å². The van der Waals surface area contributed by atoms with E-state index in [-0.39, 0.29) is 0 Å². The molecule has 0 atom stereocenters. The summed E-state index contributed by atoms with van der Waals surface area (Å²) in [5.41, 5.74) is 2.68. The number of rotatable bonds is 5. The van der Waals surface area contributed by atoms with Crippen LogP contribution >= 0.6 is 0 Å². The largest absolute Gasteiger partial charge is 0.378 e. The molecule has 1 aromatic heterocycles. The first-order valence-electron chi connectivity index (χ1n) is 9.02. The molecule has 1 saturated heterocycles. The van der Waals surface area contributed by atoms with E-state index in [1.165, 1.54) is 6.20 Å². The van der Waals surface area contributed by atoms with Crippen LogP contribution in [0.2, 0.25) is 0 Å². The van der Waals surface area contributed by atoms with Gasteiger partial charge in [0.1, 0.15) is 6.07 Å². The van der Waals surface area contributed by atoms with Crippen LogP contribution in [0.3, 0.4) is 0 Å². The predicted octanol–water partition coefficient (Wildman–Crippen LogP) is 1.66. The van der Waals surface area contributed by atoms with Crippen LogP contribution in [0.25, 0.3) is 11.1 Å². The first-order chi connectivity index (χ1) is 13.7. The van der Waals surface area contributed by atoms with E-state index >= 15 is 0 Å². The number of nitrogens with zero attached hydrogens (tertiary/aromatic N) is 3. The molecule has 1 aliphatic rings. The highest BCUT2D eigenvalue weighted by atomic mass is 16.5. The minimum Gasteiger partial charge on any atom is -0.378 e. The molecule has 1 N–H and O–H groups in total. The Kier molecular flexibility index (Phi) is 4.87. The van der Waals surface area contributed by atoms with E-state index < -0.39 is 10.9 Å². The monoisotopic (exact) mass is 374 g/mol. The maximum Gasteiger partial charge on any atom is 0.250 e. The zero-order valence-corrected chi connectivity index (χ0v) is 15.1. The summed E-state index contributed by atoms with van der Waals surface area (Å²) in [6, 6.07) is 13.0. The quantitative estimate of drug-likeness (QED) is 0.679. The molecule has 1 aliphatic heterocycles. The molecular weight excluding hydrogens is 356 g/mol. The highest BCUT2D eigenvalue weighted by Crippen LogP contribution is 2.26. The Balaban J connectivity index is 1.51. The van der Waals surface area contributed by atoms with Crippen molar-refractivity contribution < 1.29 is 4.74 Å². The molecule has 7 nitrogen and oxygen atoms in total. The smallest absolute Gasteiger partial charge is 0.250 e. The summed E-state index contributed by atoms with van der Waals surface area (Å²) in [6.45, 7) is 3.39. The minimum atomic E-state index is -0.513. The summed E-state index contributed by atoms with van der Waals surface area (Å²) in [7, 11) is 0. The molecule has 1 fully saturated rings. The van der Waals surface area contributed by atoms with E-state index in [4.69, 9.17) is 10.00 Å². The van der Waals surface area contributed by atoms with Gasteiger partial charge in [0.15, 0.2) is 0 Å². The second-order valence-corrected chi connectivity index (χ2v) is 6.56. The Morgan fingerprint density at radius 1 is 1.07 bits per heavy atom. The zero-order chi connectivity index (χ0) is 19.5. The minimum absolute atomic E-state index is 0.301. The molecule has 0 aliphatic carbocycles. The summed E-state index contributed by atoms with van der Waals surface area (Å²) >= 11 is 0. The fraction of sp³-hybridized carbons (Fsp3) is 0.238.